The molecule has 2 rings (SSSR count). The van der Waals surface area contributed by atoms with Crippen molar-refractivity contribution in [2.24, 2.45) is 18.5 Å². The maximum absolute atomic E-state index is 12.0. The van der Waals surface area contributed by atoms with E-state index in [4.69, 9.17) is 11.5 Å². The van der Waals surface area contributed by atoms with Crippen LogP contribution in [0.3, 0.4) is 0 Å². The Hall–Kier alpha value is -2.14. The SMILES string of the molecule is Cn1cc(C(N)=O)c(=O)c2ccc(CN)cc21. The molecule has 4 N–H and O–H groups in total. The topological polar surface area (TPSA) is 91.1 Å². The third-order valence-corrected chi connectivity index (χ3v) is 2.76. The number of rotatable bonds is 2. The van der Waals surface area contributed by atoms with Gasteiger partial charge in [-0.05, 0) is 17.7 Å². The van der Waals surface area contributed by atoms with Crippen LogP contribution in [0, 0.1) is 0 Å². The molecular weight excluding hydrogens is 218 g/mol. The Bertz CT molecular complexity index is 659. The smallest absolute Gasteiger partial charge is 0.254 e. The van der Waals surface area contributed by atoms with Crippen molar-refractivity contribution in [3.63, 3.8) is 0 Å². The predicted octanol–water partition coefficient (Wildman–Crippen LogP) is 0.0961. The van der Waals surface area contributed by atoms with Crippen molar-refractivity contribution in [2.75, 3.05) is 0 Å². The number of fused-ring (bicyclic) bond motifs is 1. The van der Waals surface area contributed by atoms with E-state index in [0.29, 0.717) is 11.9 Å². The maximum atomic E-state index is 12.0. The van der Waals surface area contributed by atoms with Gasteiger partial charge in [-0.15, -0.1) is 0 Å². The van der Waals surface area contributed by atoms with Gasteiger partial charge in [0.25, 0.3) is 5.91 Å². The lowest BCUT2D eigenvalue weighted by molar-refractivity contribution is 0.0999. The molecule has 5 heteroatoms. The van der Waals surface area contributed by atoms with Crippen molar-refractivity contribution in [1.29, 1.82) is 0 Å². The van der Waals surface area contributed by atoms with E-state index in [-0.39, 0.29) is 11.0 Å². The molecule has 1 aromatic carbocycles. The van der Waals surface area contributed by atoms with Crippen molar-refractivity contribution in [1.82, 2.24) is 4.57 Å². The number of nitrogens with two attached hydrogens (primary N) is 2. The summed E-state index contributed by atoms with van der Waals surface area (Å²) in [5, 5.41) is 0.473. The first-order valence-electron chi connectivity index (χ1n) is 5.16. The van der Waals surface area contributed by atoms with E-state index in [1.54, 1.807) is 23.7 Å². The first kappa shape index (κ1) is 11.3. The Kier molecular flexibility index (Phi) is 2.69. The van der Waals surface area contributed by atoms with Crippen LogP contribution in [0.25, 0.3) is 10.9 Å². The average Bonchev–Trinajstić information content (AvgIpc) is 2.32. The molecule has 0 spiro atoms. The Labute approximate surface area is 97.6 Å². The summed E-state index contributed by atoms with van der Waals surface area (Å²) in [6.45, 7) is 0.404. The lowest BCUT2D eigenvalue weighted by atomic mass is 10.1. The molecule has 0 saturated heterocycles. The van der Waals surface area contributed by atoms with Crippen molar-refractivity contribution in [3.8, 4) is 0 Å². The van der Waals surface area contributed by atoms with Gasteiger partial charge in [0.05, 0.1) is 5.52 Å². The highest BCUT2D eigenvalue weighted by Gasteiger charge is 2.11. The number of aryl methyl sites for hydroxylation is 1. The van der Waals surface area contributed by atoms with Gasteiger partial charge in [0.1, 0.15) is 5.56 Å². The summed E-state index contributed by atoms with van der Waals surface area (Å²) in [5.41, 5.74) is 12.0. The molecule has 2 aromatic rings. The zero-order chi connectivity index (χ0) is 12.6. The monoisotopic (exact) mass is 231 g/mol. The number of amides is 1. The van der Waals surface area contributed by atoms with E-state index in [2.05, 4.69) is 0 Å². The molecule has 17 heavy (non-hydrogen) atoms. The zero-order valence-electron chi connectivity index (χ0n) is 9.43. The molecule has 0 aliphatic carbocycles. The fourth-order valence-electron chi connectivity index (χ4n) is 1.83. The summed E-state index contributed by atoms with van der Waals surface area (Å²) in [7, 11) is 1.76. The fraction of sp³-hybridized carbons (Fsp3) is 0.167. The standard InChI is InChI=1S/C12H13N3O2/c1-15-6-9(12(14)17)11(16)8-3-2-7(5-13)4-10(8)15/h2-4,6H,5,13H2,1H3,(H2,14,17). The van der Waals surface area contributed by atoms with Gasteiger partial charge in [-0.25, -0.2) is 0 Å². The number of aromatic nitrogens is 1. The molecule has 0 atom stereocenters. The molecule has 0 aliphatic rings. The molecule has 1 amide bonds. The van der Waals surface area contributed by atoms with Gasteiger partial charge in [-0.3, -0.25) is 9.59 Å². The molecule has 0 saturated carbocycles. The van der Waals surface area contributed by atoms with Crippen LogP contribution in [0.4, 0.5) is 0 Å². The van der Waals surface area contributed by atoms with Gasteiger partial charge in [0, 0.05) is 25.2 Å². The predicted molar refractivity (Wildman–Crippen MR) is 65.6 cm³/mol. The van der Waals surface area contributed by atoms with Crippen molar-refractivity contribution >= 4 is 16.8 Å². The second-order valence-electron chi connectivity index (χ2n) is 3.90. The number of carbonyl (C=O) groups excluding carboxylic acids is 1. The van der Waals surface area contributed by atoms with Gasteiger partial charge < -0.3 is 16.0 Å². The maximum Gasteiger partial charge on any atom is 0.254 e. The Morgan fingerprint density at radius 1 is 1.41 bits per heavy atom. The lowest BCUT2D eigenvalue weighted by Crippen LogP contribution is -2.23. The largest absolute Gasteiger partial charge is 0.365 e. The van der Waals surface area contributed by atoms with Gasteiger partial charge in [0.15, 0.2) is 0 Å². The molecule has 1 heterocycles. The molecule has 0 aliphatic heterocycles. The van der Waals surface area contributed by atoms with Crippen LogP contribution < -0.4 is 16.9 Å². The highest BCUT2D eigenvalue weighted by Crippen LogP contribution is 2.13. The van der Waals surface area contributed by atoms with Crippen LogP contribution in [0.15, 0.2) is 29.2 Å². The molecule has 5 nitrogen and oxygen atoms in total. The van der Waals surface area contributed by atoms with E-state index in [0.717, 1.165) is 11.1 Å². The first-order chi connectivity index (χ1) is 8.04. The number of pyridine rings is 1. The minimum Gasteiger partial charge on any atom is -0.365 e. The van der Waals surface area contributed by atoms with E-state index in [9.17, 15) is 9.59 Å². The molecule has 0 bridgehead atoms. The van der Waals surface area contributed by atoms with Crippen LogP contribution in [-0.2, 0) is 13.6 Å². The molecule has 0 fully saturated rings. The summed E-state index contributed by atoms with van der Waals surface area (Å²) >= 11 is 0. The number of hydrogen-bond donors (Lipinski definition) is 2. The molecule has 0 radical (unpaired) electrons. The first-order valence-corrected chi connectivity index (χ1v) is 5.16. The minimum absolute atomic E-state index is 0.000462. The van der Waals surface area contributed by atoms with Crippen LogP contribution in [0.1, 0.15) is 15.9 Å². The van der Waals surface area contributed by atoms with Gasteiger partial charge >= 0.3 is 0 Å². The third kappa shape index (κ3) is 1.81. The Morgan fingerprint density at radius 2 is 2.12 bits per heavy atom. The van der Waals surface area contributed by atoms with Crippen molar-refractivity contribution < 1.29 is 4.79 Å². The number of carbonyl (C=O) groups is 1. The fourth-order valence-corrected chi connectivity index (χ4v) is 1.83. The summed E-state index contributed by atoms with van der Waals surface area (Å²) in [5.74, 6) is -0.713. The van der Waals surface area contributed by atoms with Gasteiger partial charge in [0.2, 0.25) is 5.43 Å². The minimum atomic E-state index is -0.713. The zero-order valence-corrected chi connectivity index (χ0v) is 9.43. The number of benzene rings is 1. The number of hydrogen-bond acceptors (Lipinski definition) is 3. The molecule has 1 aromatic heterocycles. The van der Waals surface area contributed by atoms with E-state index in [1.807, 2.05) is 6.07 Å². The summed E-state index contributed by atoms with van der Waals surface area (Å²) in [4.78, 5) is 23.1. The van der Waals surface area contributed by atoms with Gasteiger partial charge in [-0.2, -0.15) is 0 Å². The van der Waals surface area contributed by atoms with E-state index in [1.165, 1.54) is 6.20 Å². The second kappa shape index (κ2) is 4.03. The Balaban J connectivity index is 2.87. The van der Waals surface area contributed by atoms with E-state index >= 15 is 0 Å². The van der Waals surface area contributed by atoms with Crippen molar-refractivity contribution in [3.05, 3.63) is 45.7 Å². The summed E-state index contributed by atoms with van der Waals surface area (Å²) < 4.78 is 1.70. The van der Waals surface area contributed by atoms with E-state index < -0.39 is 5.91 Å². The van der Waals surface area contributed by atoms with Crippen molar-refractivity contribution in [2.45, 2.75) is 6.54 Å². The number of nitrogens with zero attached hydrogens (tertiary/aromatic N) is 1. The van der Waals surface area contributed by atoms with Crippen LogP contribution >= 0.6 is 0 Å². The molecule has 88 valence electrons. The highest BCUT2D eigenvalue weighted by atomic mass is 16.2. The normalized spacial score (nSPS) is 10.7. The quantitative estimate of drug-likeness (QED) is 0.767. The van der Waals surface area contributed by atoms with Crippen LogP contribution in [0.5, 0.6) is 0 Å². The van der Waals surface area contributed by atoms with Crippen LogP contribution in [-0.4, -0.2) is 10.5 Å². The number of primary amides is 1. The summed E-state index contributed by atoms with van der Waals surface area (Å²) in [6, 6.07) is 5.28. The second-order valence-corrected chi connectivity index (χ2v) is 3.90. The lowest BCUT2D eigenvalue weighted by Gasteiger charge is -2.08. The van der Waals surface area contributed by atoms with Gasteiger partial charge in [-0.1, -0.05) is 6.07 Å². The molecular formula is C12H13N3O2. The van der Waals surface area contributed by atoms with Crippen LogP contribution in [0.2, 0.25) is 0 Å². The Morgan fingerprint density at radius 3 is 2.71 bits per heavy atom. The third-order valence-electron chi connectivity index (χ3n) is 2.76. The average molecular weight is 231 g/mol. The molecule has 0 unspecified atom stereocenters. The highest BCUT2D eigenvalue weighted by molar-refractivity contribution is 5.96. The summed E-state index contributed by atoms with van der Waals surface area (Å²) in [6.07, 6.45) is 1.45.